The SMILES string of the molecule is CC(C)c1cc(C(C)C)c(B2c3ccc(N4c5ccccc5Sc5ccccc54)cc3Sc3cc(N4c5ccccc5Sc5ccccc54)ccc32)c(C(C)C)c1. The number of anilines is 6. The van der Waals surface area contributed by atoms with Gasteiger partial charge in [-0.05, 0) is 107 Å². The lowest BCUT2D eigenvalue weighted by molar-refractivity contribution is 0.812. The number of nitrogens with zero attached hydrogens (tertiary/aromatic N) is 2. The van der Waals surface area contributed by atoms with Gasteiger partial charge in [-0.25, -0.2) is 0 Å². The zero-order valence-electron chi connectivity index (χ0n) is 33.3. The molecule has 0 bridgehead atoms. The highest BCUT2D eigenvalue weighted by molar-refractivity contribution is 8.00. The van der Waals surface area contributed by atoms with Crippen LogP contribution in [0.1, 0.15) is 76.0 Å². The van der Waals surface area contributed by atoms with E-state index in [1.165, 1.54) is 96.6 Å². The van der Waals surface area contributed by atoms with Gasteiger partial charge in [-0.2, -0.15) is 0 Å². The van der Waals surface area contributed by atoms with Crippen molar-refractivity contribution in [3.05, 3.63) is 162 Å². The molecule has 6 heteroatoms. The van der Waals surface area contributed by atoms with Gasteiger partial charge in [0.25, 0.3) is 0 Å². The summed E-state index contributed by atoms with van der Waals surface area (Å²) in [5, 5.41) is 0. The highest BCUT2D eigenvalue weighted by Gasteiger charge is 2.37. The van der Waals surface area contributed by atoms with E-state index in [-0.39, 0.29) is 6.71 Å². The summed E-state index contributed by atoms with van der Waals surface area (Å²) in [6, 6.07) is 55.0. The Bertz CT molecular complexity index is 2430. The van der Waals surface area contributed by atoms with E-state index in [1.54, 1.807) is 0 Å². The first kappa shape index (κ1) is 36.6. The minimum Gasteiger partial charge on any atom is -0.308 e. The molecule has 57 heavy (non-hydrogen) atoms. The molecule has 7 aromatic rings. The van der Waals surface area contributed by atoms with Crippen molar-refractivity contribution < 1.29 is 0 Å². The molecule has 3 heterocycles. The van der Waals surface area contributed by atoms with Crippen LogP contribution in [0.4, 0.5) is 34.1 Å². The van der Waals surface area contributed by atoms with Crippen LogP contribution in [0.5, 0.6) is 0 Å². The molecule has 7 aromatic carbocycles. The first-order valence-corrected chi connectivity index (χ1v) is 22.7. The summed E-state index contributed by atoms with van der Waals surface area (Å²) >= 11 is 5.66. The van der Waals surface area contributed by atoms with Crippen LogP contribution in [0, 0.1) is 0 Å². The number of hydrogen-bond donors (Lipinski definition) is 0. The average Bonchev–Trinajstić information content (AvgIpc) is 3.22. The standard InChI is InChI=1S/C51H45BN2S3/c1-31(2)34-27-37(32(3)4)51(38(28-34)33(5)6)52-39-25-23-35(53-41-15-7-11-19-45(41)55-46-20-12-8-16-42(46)53)29-49(39)57-50-30-36(24-26-40(50)52)54-43-17-9-13-21-47(43)56-48-22-14-10-18-44(48)54/h7-33H,1-6H3. The van der Waals surface area contributed by atoms with E-state index in [4.69, 9.17) is 0 Å². The van der Waals surface area contributed by atoms with Crippen LogP contribution in [0.3, 0.4) is 0 Å². The fraction of sp³-hybridized carbons (Fsp3) is 0.176. The highest BCUT2D eigenvalue weighted by Crippen LogP contribution is 2.53. The quantitative estimate of drug-likeness (QED) is 0.154. The van der Waals surface area contributed by atoms with E-state index in [2.05, 4.69) is 197 Å². The molecule has 0 aromatic heterocycles. The van der Waals surface area contributed by atoms with Crippen molar-refractivity contribution in [2.24, 2.45) is 0 Å². The molecule has 0 aliphatic carbocycles. The molecule has 0 radical (unpaired) electrons. The smallest absolute Gasteiger partial charge is 0.244 e. The van der Waals surface area contributed by atoms with Crippen LogP contribution in [-0.2, 0) is 0 Å². The zero-order chi connectivity index (χ0) is 38.9. The Hall–Kier alpha value is -4.75. The second kappa shape index (κ2) is 14.6. The molecular formula is C51H45BN2S3. The second-order valence-electron chi connectivity index (χ2n) is 16.3. The number of benzene rings is 7. The third kappa shape index (κ3) is 6.23. The van der Waals surface area contributed by atoms with Gasteiger partial charge in [0.15, 0.2) is 0 Å². The molecule has 3 aliphatic rings. The van der Waals surface area contributed by atoms with Crippen LogP contribution in [0.15, 0.2) is 175 Å². The summed E-state index contributed by atoms with van der Waals surface area (Å²) in [6.45, 7) is 14.3. The van der Waals surface area contributed by atoms with E-state index in [9.17, 15) is 0 Å². The van der Waals surface area contributed by atoms with E-state index in [0.29, 0.717) is 17.8 Å². The molecule has 0 fully saturated rings. The Morgan fingerprint density at radius 1 is 0.386 bits per heavy atom. The van der Waals surface area contributed by atoms with Crippen LogP contribution >= 0.6 is 35.3 Å². The maximum absolute atomic E-state index is 2.53. The van der Waals surface area contributed by atoms with Gasteiger partial charge in [-0.3, -0.25) is 0 Å². The first-order valence-electron chi connectivity index (χ1n) is 20.2. The molecule has 0 saturated carbocycles. The molecule has 3 aliphatic heterocycles. The fourth-order valence-corrected chi connectivity index (χ4v) is 12.2. The predicted molar refractivity (Wildman–Crippen MR) is 248 cm³/mol. The highest BCUT2D eigenvalue weighted by atomic mass is 32.2. The fourth-order valence-electron chi connectivity index (χ4n) is 8.89. The lowest BCUT2D eigenvalue weighted by Crippen LogP contribution is -2.57. The summed E-state index contributed by atoms with van der Waals surface area (Å²) in [4.78, 5) is 12.7. The summed E-state index contributed by atoms with van der Waals surface area (Å²) in [7, 11) is 0. The molecular weight excluding hydrogens is 748 g/mol. The van der Waals surface area contributed by atoms with Crippen LogP contribution in [0.2, 0.25) is 0 Å². The normalized spacial score (nSPS) is 13.9. The molecule has 280 valence electrons. The average molecular weight is 793 g/mol. The maximum Gasteiger partial charge on any atom is 0.244 e. The van der Waals surface area contributed by atoms with Gasteiger partial charge >= 0.3 is 0 Å². The van der Waals surface area contributed by atoms with Crippen molar-refractivity contribution in [1.82, 2.24) is 0 Å². The number of para-hydroxylation sites is 4. The predicted octanol–water partition coefficient (Wildman–Crippen LogP) is 13.9. The van der Waals surface area contributed by atoms with E-state index in [0.717, 1.165) is 0 Å². The zero-order valence-corrected chi connectivity index (χ0v) is 35.7. The summed E-state index contributed by atoms with van der Waals surface area (Å²) in [5.41, 5.74) is 16.0. The van der Waals surface area contributed by atoms with Gasteiger partial charge in [0.05, 0.1) is 22.7 Å². The molecule has 0 atom stereocenters. The largest absolute Gasteiger partial charge is 0.308 e. The minimum atomic E-state index is 0.100. The Kier molecular flexibility index (Phi) is 9.35. The van der Waals surface area contributed by atoms with Gasteiger partial charge in [0, 0.05) is 40.7 Å². The van der Waals surface area contributed by atoms with Gasteiger partial charge in [-0.1, -0.05) is 166 Å². The van der Waals surface area contributed by atoms with Crippen LogP contribution in [-0.4, -0.2) is 6.71 Å². The van der Waals surface area contributed by atoms with Crippen molar-refractivity contribution in [2.75, 3.05) is 9.80 Å². The molecule has 0 spiro atoms. The number of fused-ring (bicyclic) bond motifs is 6. The van der Waals surface area contributed by atoms with Crippen molar-refractivity contribution >= 4 is 92.5 Å². The van der Waals surface area contributed by atoms with Gasteiger partial charge in [-0.15, -0.1) is 0 Å². The van der Waals surface area contributed by atoms with Gasteiger partial charge in [0.2, 0.25) is 6.71 Å². The Morgan fingerprint density at radius 3 is 1.09 bits per heavy atom. The van der Waals surface area contributed by atoms with Gasteiger partial charge in [0.1, 0.15) is 0 Å². The van der Waals surface area contributed by atoms with E-state index >= 15 is 0 Å². The summed E-state index contributed by atoms with van der Waals surface area (Å²) in [5.74, 6) is 1.23. The lowest BCUT2D eigenvalue weighted by atomic mass is 9.34. The number of rotatable bonds is 6. The summed E-state index contributed by atoms with van der Waals surface area (Å²) < 4.78 is 0. The first-order chi connectivity index (χ1) is 27.7. The third-order valence-electron chi connectivity index (χ3n) is 11.7. The Morgan fingerprint density at radius 2 is 0.737 bits per heavy atom. The number of hydrogen-bond acceptors (Lipinski definition) is 5. The molecule has 0 amide bonds. The van der Waals surface area contributed by atoms with E-state index in [1.807, 2.05) is 35.3 Å². The van der Waals surface area contributed by atoms with Crippen LogP contribution < -0.4 is 26.2 Å². The molecule has 0 saturated heterocycles. The third-order valence-corrected chi connectivity index (χ3v) is 15.1. The molecule has 2 nitrogen and oxygen atoms in total. The van der Waals surface area contributed by atoms with Crippen LogP contribution in [0.25, 0.3) is 0 Å². The molecule has 0 N–H and O–H groups in total. The van der Waals surface area contributed by atoms with Crippen molar-refractivity contribution in [1.29, 1.82) is 0 Å². The Labute approximate surface area is 351 Å². The topological polar surface area (TPSA) is 6.48 Å². The van der Waals surface area contributed by atoms with Crippen molar-refractivity contribution in [3.8, 4) is 0 Å². The Balaban J connectivity index is 1.20. The van der Waals surface area contributed by atoms with Crippen molar-refractivity contribution in [3.63, 3.8) is 0 Å². The second-order valence-corrected chi connectivity index (χ2v) is 19.6. The monoisotopic (exact) mass is 792 g/mol. The maximum atomic E-state index is 2.53. The summed E-state index contributed by atoms with van der Waals surface area (Å²) in [6.07, 6.45) is 0. The van der Waals surface area contributed by atoms with Crippen molar-refractivity contribution in [2.45, 2.75) is 88.7 Å². The molecule has 10 rings (SSSR count). The van der Waals surface area contributed by atoms with Gasteiger partial charge < -0.3 is 9.80 Å². The minimum absolute atomic E-state index is 0.100. The van der Waals surface area contributed by atoms with E-state index < -0.39 is 0 Å². The molecule has 0 unspecified atom stereocenters. The lowest BCUT2D eigenvalue weighted by Gasteiger charge is -2.36.